The number of nitrogens with two attached hydrogens (primary N) is 1. The summed E-state index contributed by atoms with van der Waals surface area (Å²) in [6, 6.07) is 0. The third-order valence-electron chi connectivity index (χ3n) is 1.19. The van der Waals surface area contributed by atoms with Crippen molar-refractivity contribution >= 4 is 0 Å². The van der Waals surface area contributed by atoms with E-state index in [1.807, 2.05) is 25.2 Å². The number of hydrogen-bond donors (Lipinski definition) is 2. The summed E-state index contributed by atoms with van der Waals surface area (Å²) in [4.78, 5) is 0. The van der Waals surface area contributed by atoms with Crippen LogP contribution in [0.2, 0.25) is 0 Å². The van der Waals surface area contributed by atoms with Gasteiger partial charge >= 0.3 is 0 Å². The van der Waals surface area contributed by atoms with E-state index in [0.717, 1.165) is 6.26 Å². The zero-order valence-corrected chi connectivity index (χ0v) is 6.99. The fraction of sp³-hybridized carbons (Fsp3) is 0.333. The van der Waals surface area contributed by atoms with Gasteiger partial charge in [-0.15, -0.1) is 0 Å². The molecule has 0 unspecified atom stereocenters. The second-order valence-corrected chi connectivity index (χ2v) is 2.57. The minimum atomic E-state index is -0.561. The lowest BCUT2D eigenvalue weighted by Crippen LogP contribution is -2.30. The van der Waals surface area contributed by atoms with Crippen LogP contribution in [0.4, 0.5) is 0 Å². The van der Waals surface area contributed by atoms with Crippen molar-refractivity contribution in [3.05, 3.63) is 36.6 Å². The van der Waals surface area contributed by atoms with Gasteiger partial charge in [0.1, 0.15) is 0 Å². The first-order valence-electron chi connectivity index (χ1n) is 3.53. The van der Waals surface area contributed by atoms with Gasteiger partial charge in [0.2, 0.25) is 0 Å². The summed E-state index contributed by atoms with van der Waals surface area (Å²) < 4.78 is 0. The van der Waals surface area contributed by atoms with Crippen molar-refractivity contribution in [3.8, 4) is 0 Å². The molecule has 0 aliphatic carbocycles. The van der Waals surface area contributed by atoms with E-state index in [4.69, 9.17) is 10.8 Å². The molecule has 0 saturated carbocycles. The predicted molar refractivity (Wildman–Crippen MR) is 48.3 cm³/mol. The standard InChI is InChI=1S/C9H15NO/c1-3-4-5-6-9(2,10)7-8-11/h3-8,11H,10H2,1-2H3/b4-3-,6-5-,8-7+/t9-/m0/s1. The van der Waals surface area contributed by atoms with Gasteiger partial charge in [0, 0.05) is 0 Å². The molecule has 62 valence electrons. The SMILES string of the molecule is C/C=C\C=C/[C@](C)(N)/C=C/O. The van der Waals surface area contributed by atoms with E-state index in [9.17, 15) is 0 Å². The average molecular weight is 153 g/mol. The molecular weight excluding hydrogens is 138 g/mol. The van der Waals surface area contributed by atoms with Gasteiger partial charge in [-0.25, -0.2) is 0 Å². The van der Waals surface area contributed by atoms with Gasteiger partial charge in [-0.05, 0) is 19.9 Å². The van der Waals surface area contributed by atoms with E-state index < -0.39 is 5.54 Å². The maximum absolute atomic E-state index is 8.45. The quantitative estimate of drug-likeness (QED) is 0.480. The smallest absolute Gasteiger partial charge is 0.0773 e. The maximum atomic E-state index is 8.45. The van der Waals surface area contributed by atoms with Gasteiger partial charge in [0.05, 0.1) is 11.8 Å². The summed E-state index contributed by atoms with van der Waals surface area (Å²) >= 11 is 0. The van der Waals surface area contributed by atoms with Crippen LogP contribution < -0.4 is 5.73 Å². The van der Waals surface area contributed by atoms with Crippen LogP contribution in [0.1, 0.15) is 13.8 Å². The van der Waals surface area contributed by atoms with Gasteiger partial charge in [-0.1, -0.05) is 24.3 Å². The highest BCUT2D eigenvalue weighted by Crippen LogP contribution is 2.02. The molecule has 0 saturated heterocycles. The summed E-state index contributed by atoms with van der Waals surface area (Å²) in [6.07, 6.45) is 9.93. The number of allylic oxidation sites excluding steroid dienone is 3. The van der Waals surface area contributed by atoms with Gasteiger partial charge in [-0.2, -0.15) is 0 Å². The molecule has 0 aliphatic heterocycles. The summed E-state index contributed by atoms with van der Waals surface area (Å²) in [6.45, 7) is 3.74. The molecule has 0 heterocycles. The van der Waals surface area contributed by atoms with Crippen molar-refractivity contribution in [2.45, 2.75) is 19.4 Å². The van der Waals surface area contributed by atoms with Crippen LogP contribution in [0, 0.1) is 0 Å². The first-order chi connectivity index (χ1) is 5.12. The van der Waals surface area contributed by atoms with E-state index in [-0.39, 0.29) is 0 Å². The second-order valence-electron chi connectivity index (χ2n) is 2.57. The lowest BCUT2D eigenvalue weighted by Gasteiger charge is -2.12. The van der Waals surface area contributed by atoms with Crippen molar-refractivity contribution in [1.29, 1.82) is 0 Å². The van der Waals surface area contributed by atoms with Crippen LogP contribution in [0.25, 0.3) is 0 Å². The van der Waals surface area contributed by atoms with E-state index in [1.54, 1.807) is 13.0 Å². The summed E-state index contributed by atoms with van der Waals surface area (Å²) in [5, 5.41) is 8.45. The Bertz CT molecular complexity index is 178. The fourth-order valence-electron chi connectivity index (χ4n) is 0.590. The largest absolute Gasteiger partial charge is 0.516 e. The lowest BCUT2D eigenvalue weighted by molar-refractivity contribution is 0.465. The first-order valence-corrected chi connectivity index (χ1v) is 3.53. The van der Waals surface area contributed by atoms with E-state index in [2.05, 4.69) is 0 Å². The Hall–Kier alpha value is -1.02. The highest BCUT2D eigenvalue weighted by atomic mass is 16.2. The zero-order valence-electron chi connectivity index (χ0n) is 6.99. The maximum Gasteiger partial charge on any atom is 0.0773 e. The molecule has 0 radical (unpaired) electrons. The monoisotopic (exact) mass is 153 g/mol. The highest BCUT2D eigenvalue weighted by Gasteiger charge is 2.07. The third kappa shape index (κ3) is 5.43. The molecule has 11 heavy (non-hydrogen) atoms. The van der Waals surface area contributed by atoms with Gasteiger partial charge < -0.3 is 10.8 Å². The molecule has 0 rings (SSSR count). The minimum Gasteiger partial charge on any atom is -0.516 e. The number of aliphatic hydroxyl groups is 1. The second kappa shape index (κ2) is 4.74. The normalized spacial score (nSPS) is 18.5. The molecular formula is C9H15NO. The summed E-state index contributed by atoms with van der Waals surface area (Å²) in [7, 11) is 0. The van der Waals surface area contributed by atoms with E-state index in [1.165, 1.54) is 6.08 Å². The Labute approximate surface area is 67.7 Å². The van der Waals surface area contributed by atoms with Crippen molar-refractivity contribution in [3.63, 3.8) is 0 Å². The zero-order chi connectivity index (χ0) is 8.74. The number of rotatable bonds is 3. The summed E-state index contributed by atoms with van der Waals surface area (Å²) in [5.74, 6) is 0. The van der Waals surface area contributed by atoms with Crippen LogP contribution in [0.15, 0.2) is 36.6 Å². The van der Waals surface area contributed by atoms with Crippen molar-refractivity contribution in [2.24, 2.45) is 5.73 Å². The molecule has 0 aromatic carbocycles. The average Bonchev–Trinajstić information content (AvgIpc) is 1.87. The molecule has 0 bridgehead atoms. The van der Waals surface area contributed by atoms with Crippen LogP contribution in [0.3, 0.4) is 0 Å². The third-order valence-corrected chi connectivity index (χ3v) is 1.19. The Balaban J connectivity index is 4.10. The Morgan fingerprint density at radius 2 is 1.91 bits per heavy atom. The van der Waals surface area contributed by atoms with Crippen molar-refractivity contribution < 1.29 is 5.11 Å². The molecule has 0 aromatic rings. The van der Waals surface area contributed by atoms with E-state index >= 15 is 0 Å². The van der Waals surface area contributed by atoms with Crippen molar-refractivity contribution in [2.75, 3.05) is 0 Å². The molecule has 2 nitrogen and oxygen atoms in total. The summed E-state index contributed by atoms with van der Waals surface area (Å²) in [5.41, 5.74) is 5.14. The van der Waals surface area contributed by atoms with Crippen LogP contribution in [-0.2, 0) is 0 Å². The van der Waals surface area contributed by atoms with Gasteiger partial charge in [0.25, 0.3) is 0 Å². The molecule has 0 amide bonds. The van der Waals surface area contributed by atoms with Crippen LogP contribution in [-0.4, -0.2) is 10.6 Å². The van der Waals surface area contributed by atoms with Crippen molar-refractivity contribution in [1.82, 2.24) is 0 Å². The fourth-order valence-corrected chi connectivity index (χ4v) is 0.590. The minimum absolute atomic E-state index is 0.561. The molecule has 3 N–H and O–H groups in total. The van der Waals surface area contributed by atoms with Crippen LogP contribution >= 0.6 is 0 Å². The molecule has 2 heteroatoms. The predicted octanol–water partition coefficient (Wildman–Crippen LogP) is 1.91. The number of aliphatic hydroxyl groups excluding tert-OH is 1. The molecule has 1 atom stereocenters. The first kappa shape index (κ1) is 9.98. The van der Waals surface area contributed by atoms with Gasteiger partial charge in [0.15, 0.2) is 0 Å². The lowest BCUT2D eigenvalue weighted by atomic mass is 10.0. The number of hydrogen-bond acceptors (Lipinski definition) is 2. The topological polar surface area (TPSA) is 46.2 Å². The Kier molecular flexibility index (Phi) is 4.30. The van der Waals surface area contributed by atoms with Crippen LogP contribution in [0.5, 0.6) is 0 Å². The molecule has 0 aromatic heterocycles. The Morgan fingerprint density at radius 1 is 1.27 bits per heavy atom. The highest BCUT2D eigenvalue weighted by molar-refractivity contribution is 5.17. The molecule has 0 spiro atoms. The van der Waals surface area contributed by atoms with E-state index in [0.29, 0.717) is 0 Å². The molecule has 0 fully saturated rings. The Morgan fingerprint density at radius 3 is 2.36 bits per heavy atom. The molecule has 0 aliphatic rings. The van der Waals surface area contributed by atoms with Gasteiger partial charge in [-0.3, -0.25) is 0 Å².